The average Bonchev–Trinajstić information content (AvgIpc) is 3.21. The van der Waals surface area contributed by atoms with Crippen molar-refractivity contribution in [1.29, 1.82) is 0 Å². The number of aromatic nitrogens is 4. The first-order valence-corrected chi connectivity index (χ1v) is 8.24. The van der Waals surface area contributed by atoms with Crippen LogP contribution in [0.25, 0.3) is 5.69 Å². The maximum absolute atomic E-state index is 12.9. The predicted molar refractivity (Wildman–Crippen MR) is 88.9 cm³/mol. The normalized spacial score (nSPS) is 18.0. The zero-order valence-corrected chi connectivity index (χ0v) is 13.7. The van der Waals surface area contributed by atoms with Crippen molar-refractivity contribution in [3.8, 4) is 5.69 Å². The highest BCUT2D eigenvalue weighted by Crippen LogP contribution is 2.42. The molecule has 8 heteroatoms. The lowest BCUT2D eigenvalue weighted by Gasteiger charge is -2.39. The van der Waals surface area contributed by atoms with Gasteiger partial charge < -0.3 is 4.90 Å². The summed E-state index contributed by atoms with van der Waals surface area (Å²) in [5.74, 6) is -0.377. The summed E-state index contributed by atoms with van der Waals surface area (Å²) in [4.78, 5) is 35.7. The van der Waals surface area contributed by atoms with E-state index in [4.69, 9.17) is 11.6 Å². The van der Waals surface area contributed by atoms with Crippen LogP contribution in [0.5, 0.6) is 0 Å². The molecule has 5 rings (SSSR count). The van der Waals surface area contributed by atoms with Crippen molar-refractivity contribution in [2.24, 2.45) is 0 Å². The zero-order chi connectivity index (χ0) is 17.1. The fourth-order valence-corrected chi connectivity index (χ4v) is 3.77. The third-order valence-corrected chi connectivity index (χ3v) is 5.12. The lowest BCUT2D eigenvalue weighted by Crippen LogP contribution is -2.45. The molecule has 0 bridgehead atoms. The van der Waals surface area contributed by atoms with E-state index in [1.165, 1.54) is 10.9 Å². The van der Waals surface area contributed by atoms with Crippen molar-refractivity contribution < 1.29 is 9.59 Å². The van der Waals surface area contributed by atoms with Gasteiger partial charge in [0.1, 0.15) is 12.7 Å². The van der Waals surface area contributed by atoms with Crippen LogP contribution in [-0.2, 0) is 0 Å². The molecule has 0 spiro atoms. The summed E-state index contributed by atoms with van der Waals surface area (Å²) < 4.78 is 3.20. The summed E-state index contributed by atoms with van der Waals surface area (Å²) in [6.45, 7) is 0.637. The van der Waals surface area contributed by atoms with Gasteiger partial charge in [-0.05, 0) is 18.6 Å². The molecule has 0 N–H and O–H groups in total. The number of halogens is 1. The Morgan fingerprint density at radius 3 is 2.88 bits per heavy atom. The number of hydrogen-bond acceptors (Lipinski definition) is 4. The van der Waals surface area contributed by atoms with Gasteiger partial charge in [0.25, 0.3) is 11.8 Å². The summed E-state index contributed by atoms with van der Waals surface area (Å²) in [5, 5.41) is 0.400. The van der Waals surface area contributed by atoms with E-state index >= 15 is 0 Å². The highest BCUT2D eigenvalue weighted by molar-refractivity contribution is 6.34. The minimum atomic E-state index is -0.268. The molecule has 2 aromatic heterocycles. The highest BCUT2D eigenvalue weighted by atomic mass is 35.5. The molecule has 1 atom stereocenters. The average molecular weight is 354 g/mol. The van der Waals surface area contributed by atoms with Crippen LogP contribution in [0.2, 0.25) is 5.02 Å². The predicted octanol–water partition coefficient (Wildman–Crippen LogP) is 2.31. The number of carbonyl (C=O) groups is 2. The van der Waals surface area contributed by atoms with Gasteiger partial charge in [0, 0.05) is 18.9 Å². The van der Waals surface area contributed by atoms with E-state index in [1.54, 1.807) is 35.8 Å². The van der Waals surface area contributed by atoms with Crippen LogP contribution in [0, 0.1) is 0 Å². The molecule has 7 nitrogen and oxygen atoms in total. The second kappa shape index (κ2) is 5.03. The molecule has 0 radical (unpaired) electrons. The number of hydrogen-bond donors (Lipinski definition) is 0. The van der Waals surface area contributed by atoms with E-state index in [-0.39, 0.29) is 17.9 Å². The molecule has 1 amide bonds. The second-order valence-electron chi connectivity index (χ2n) is 6.06. The monoisotopic (exact) mass is 353 g/mol. The Bertz CT molecular complexity index is 1020. The van der Waals surface area contributed by atoms with E-state index < -0.39 is 0 Å². The van der Waals surface area contributed by atoms with Crippen LogP contribution >= 0.6 is 11.6 Å². The Morgan fingerprint density at radius 2 is 2.16 bits per heavy atom. The molecular weight excluding hydrogens is 342 g/mol. The summed E-state index contributed by atoms with van der Waals surface area (Å²) in [6, 6.07) is 5.13. The number of imidazole rings is 2. The molecule has 2 aliphatic rings. The molecule has 0 aliphatic carbocycles. The molecule has 0 saturated carbocycles. The minimum absolute atomic E-state index is 0.110. The van der Waals surface area contributed by atoms with Crippen LogP contribution < -0.4 is 0 Å². The quantitative estimate of drug-likeness (QED) is 0.673. The first kappa shape index (κ1) is 14.4. The van der Waals surface area contributed by atoms with Crippen LogP contribution in [0.1, 0.15) is 39.0 Å². The van der Waals surface area contributed by atoms with E-state index in [1.807, 2.05) is 10.6 Å². The van der Waals surface area contributed by atoms with Crippen molar-refractivity contribution in [2.45, 2.75) is 12.5 Å². The Hall–Kier alpha value is -2.93. The van der Waals surface area contributed by atoms with Crippen molar-refractivity contribution in [3.05, 3.63) is 65.2 Å². The minimum Gasteiger partial charge on any atom is -0.330 e. The third kappa shape index (κ3) is 1.87. The van der Waals surface area contributed by atoms with Gasteiger partial charge in [-0.15, -0.1) is 0 Å². The fourth-order valence-electron chi connectivity index (χ4n) is 3.52. The molecule has 25 heavy (non-hydrogen) atoms. The number of fused-ring (bicyclic) bond motifs is 5. The SMILES string of the molecule is O=C1c2c(Cl)cccc2-n2cnc(C(=O)n3ccnc3)c2[C@@H]2CCN12. The molecule has 124 valence electrons. The molecule has 4 heterocycles. The number of rotatable bonds is 1. The Kier molecular flexibility index (Phi) is 2.90. The summed E-state index contributed by atoms with van der Waals surface area (Å²) in [6.07, 6.45) is 6.94. The van der Waals surface area contributed by atoms with Gasteiger partial charge in [-0.1, -0.05) is 17.7 Å². The number of nitrogens with zero attached hydrogens (tertiary/aromatic N) is 5. The lowest BCUT2D eigenvalue weighted by atomic mass is 9.97. The molecule has 1 saturated heterocycles. The summed E-state index contributed by atoms with van der Waals surface area (Å²) >= 11 is 6.30. The fraction of sp³-hybridized carbons (Fsp3) is 0.176. The molecule has 2 aliphatic heterocycles. The van der Waals surface area contributed by atoms with Crippen molar-refractivity contribution in [3.63, 3.8) is 0 Å². The maximum atomic E-state index is 12.9. The smallest absolute Gasteiger partial charge is 0.283 e. The van der Waals surface area contributed by atoms with Gasteiger partial charge in [-0.25, -0.2) is 9.97 Å². The van der Waals surface area contributed by atoms with Crippen molar-refractivity contribution >= 4 is 23.4 Å². The van der Waals surface area contributed by atoms with Gasteiger partial charge in [0.05, 0.1) is 28.0 Å². The number of benzene rings is 1. The van der Waals surface area contributed by atoms with Crippen molar-refractivity contribution in [1.82, 2.24) is 24.0 Å². The van der Waals surface area contributed by atoms with E-state index in [0.29, 0.717) is 28.5 Å². The molecular formula is C17H12ClN5O2. The molecule has 3 aromatic rings. The second-order valence-corrected chi connectivity index (χ2v) is 6.47. The zero-order valence-electron chi connectivity index (χ0n) is 13.0. The first-order chi connectivity index (χ1) is 12.2. The standard InChI is InChI=1S/C17H12ClN5O2/c18-10-2-1-3-11-13(10)16(24)22-6-4-12(22)15-14(20-9-23(11)15)17(25)21-7-5-19-8-21/h1-3,5,7-9,12H,4,6H2/t12-/m0/s1. The maximum Gasteiger partial charge on any atom is 0.283 e. The van der Waals surface area contributed by atoms with Crippen molar-refractivity contribution in [2.75, 3.05) is 6.54 Å². The van der Waals surface area contributed by atoms with Crippen LogP contribution in [0.15, 0.2) is 43.2 Å². The van der Waals surface area contributed by atoms with Gasteiger partial charge in [0.15, 0.2) is 5.69 Å². The number of amides is 1. The Labute approximate surface area is 147 Å². The van der Waals surface area contributed by atoms with Gasteiger partial charge in [-0.3, -0.25) is 18.7 Å². The van der Waals surface area contributed by atoms with Crippen LogP contribution in [-0.4, -0.2) is 42.4 Å². The van der Waals surface area contributed by atoms with E-state index in [9.17, 15) is 9.59 Å². The Morgan fingerprint density at radius 1 is 1.28 bits per heavy atom. The summed E-state index contributed by atoms with van der Waals surface area (Å²) in [5.41, 5.74) is 2.15. The van der Waals surface area contributed by atoms with E-state index in [0.717, 1.165) is 12.1 Å². The highest BCUT2D eigenvalue weighted by Gasteiger charge is 2.43. The largest absolute Gasteiger partial charge is 0.330 e. The lowest BCUT2D eigenvalue weighted by molar-refractivity contribution is 0.0456. The van der Waals surface area contributed by atoms with Gasteiger partial charge in [-0.2, -0.15) is 0 Å². The first-order valence-electron chi connectivity index (χ1n) is 7.86. The van der Waals surface area contributed by atoms with Gasteiger partial charge >= 0.3 is 0 Å². The molecule has 1 aromatic carbocycles. The number of carbonyl (C=O) groups excluding carboxylic acids is 2. The van der Waals surface area contributed by atoms with E-state index in [2.05, 4.69) is 9.97 Å². The van der Waals surface area contributed by atoms with Gasteiger partial charge in [0.2, 0.25) is 0 Å². The Balaban J connectivity index is 1.76. The molecule has 0 unspecified atom stereocenters. The van der Waals surface area contributed by atoms with Crippen LogP contribution in [0.3, 0.4) is 0 Å². The summed E-state index contributed by atoms with van der Waals surface area (Å²) in [7, 11) is 0. The third-order valence-electron chi connectivity index (χ3n) is 4.81. The molecule has 1 fully saturated rings. The topological polar surface area (TPSA) is 73.0 Å². The van der Waals surface area contributed by atoms with Crippen LogP contribution in [0.4, 0.5) is 0 Å².